The fraction of sp³-hybridized carbons (Fsp3) is 0.625. The lowest BCUT2D eigenvalue weighted by atomic mass is 10.2. The quantitative estimate of drug-likeness (QED) is 0.366. The second-order valence-electron chi connectivity index (χ2n) is 5.55. The van der Waals surface area contributed by atoms with Crippen LogP contribution in [0, 0.1) is 0 Å². The van der Waals surface area contributed by atoms with Gasteiger partial charge in [-0.3, -0.25) is 9.67 Å². The van der Waals surface area contributed by atoms with Crippen molar-refractivity contribution in [1.29, 1.82) is 0 Å². The van der Waals surface area contributed by atoms with Gasteiger partial charge in [-0.25, -0.2) is 9.97 Å². The number of hydrogen-bond acceptors (Lipinski definition) is 5. The first kappa shape index (κ1) is 18.0. The minimum Gasteiger partial charge on any atom is -0.368 e. The molecule has 0 aliphatic rings. The van der Waals surface area contributed by atoms with E-state index in [0.29, 0.717) is 0 Å². The molecule has 24 heavy (non-hydrogen) atoms. The van der Waals surface area contributed by atoms with Gasteiger partial charge in [-0.2, -0.15) is 5.10 Å². The lowest BCUT2D eigenvalue weighted by Crippen LogP contribution is -2.39. The molecule has 2 aromatic heterocycles. The van der Waals surface area contributed by atoms with Gasteiger partial charge in [0.1, 0.15) is 12.1 Å². The Morgan fingerprint density at radius 1 is 1.17 bits per heavy atom. The molecule has 132 valence electrons. The summed E-state index contributed by atoms with van der Waals surface area (Å²) >= 11 is 0. The van der Waals surface area contributed by atoms with Crippen LogP contribution < -0.4 is 16.0 Å². The molecule has 0 amide bonds. The number of aliphatic imine (C=N–C) groups is 1. The van der Waals surface area contributed by atoms with Gasteiger partial charge < -0.3 is 16.0 Å². The summed E-state index contributed by atoms with van der Waals surface area (Å²) in [7, 11) is 1.87. The molecular formula is C16H28N8. The van der Waals surface area contributed by atoms with E-state index in [2.05, 4.69) is 49.9 Å². The number of unbranched alkanes of at least 4 members (excludes halogenated alkanes) is 2. The third kappa shape index (κ3) is 5.07. The minimum absolute atomic E-state index is 0.736. The van der Waals surface area contributed by atoms with E-state index in [4.69, 9.17) is 0 Å². The zero-order valence-corrected chi connectivity index (χ0v) is 14.8. The number of rotatable bonds is 9. The number of fused-ring (bicyclic) bond motifs is 1. The van der Waals surface area contributed by atoms with Crippen molar-refractivity contribution in [1.82, 2.24) is 30.4 Å². The van der Waals surface area contributed by atoms with Crippen molar-refractivity contribution in [2.24, 2.45) is 12.0 Å². The molecule has 0 saturated carbocycles. The van der Waals surface area contributed by atoms with Crippen LogP contribution >= 0.6 is 0 Å². The Labute approximate surface area is 143 Å². The molecule has 0 bridgehead atoms. The Morgan fingerprint density at radius 2 is 2.04 bits per heavy atom. The maximum absolute atomic E-state index is 4.58. The monoisotopic (exact) mass is 332 g/mol. The van der Waals surface area contributed by atoms with E-state index < -0.39 is 0 Å². The maximum Gasteiger partial charge on any atom is 0.191 e. The van der Waals surface area contributed by atoms with Gasteiger partial charge in [0.15, 0.2) is 11.6 Å². The molecule has 0 radical (unpaired) electrons. The van der Waals surface area contributed by atoms with E-state index in [1.54, 1.807) is 17.2 Å². The van der Waals surface area contributed by atoms with Crippen LogP contribution in [0.25, 0.3) is 11.0 Å². The molecule has 0 saturated heterocycles. The number of hydrogen-bond donors (Lipinski definition) is 3. The van der Waals surface area contributed by atoms with Crippen LogP contribution in [0.4, 0.5) is 5.82 Å². The van der Waals surface area contributed by atoms with E-state index in [-0.39, 0.29) is 0 Å². The molecule has 2 heterocycles. The van der Waals surface area contributed by atoms with Crippen LogP contribution in [0.2, 0.25) is 0 Å². The molecule has 0 spiro atoms. The normalized spacial score (nSPS) is 11.7. The predicted molar refractivity (Wildman–Crippen MR) is 98.3 cm³/mol. The largest absolute Gasteiger partial charge is 0.368 e. The van der Waals surface area contributed by atoms with Crippen LogP contribution in [-0.4, -0.2) is 51.9 Å². The van der Waals surface area contributed by atoms with Gasteiger partial charge in [0.05, 0.1) is 11.6 Å². The van der Waals surface area contributed by atoms with Crippen molar-refractivity contribution < 1.29 is 0 Å². The van der Waals surface area contributed by atoms with Gasteiger partial charge >= 0.3 is 0 Å². The summed E-state index contributed by atoms with van der Waals surface area (Å²) in [5, 5.41) is 15.1. The first-order valence-electron chi connectivity index (χ1n) is 8.65. The summed E-state index contributed by atoms with van der Waals surface area (Å²) in [5.74, 6) is 1.67. The average Bonchev–Trinajstić information content (AvgIpc) is 2.97. The highest BCUT2D eigenvalue weighted by molar-refractivity contribution is 5.86. The van der Waals surface area contributed by atoms with Crippen molar-refractivity contribution in [2.75, 3.05) is 31.5 Å². The molecule has 0 aliphatic heterocycles. The number of guanidine groups is 1. The zero-order chi connectivity index (χ0) is 17.2. The van der Waals surface area contributed by atoms with Gasteiger partial charge in [-0.15, -0.1) is 0 Å². The summed E-state index contributed by atoms with van der Waals surface area (Å²) in [6.07, 6.45) is 6.90. The highest BCUT2D eigenvalue weighted by Gasteiger charge is 2.06. The highest BCUT2D eigenvalue weighted by atomic mass is 15.3. The fourth-order valence-corrected chi connectivity index (χ4v) is 2.36. The molecule has 0 aromatic carbocycles. The van der Waals surface area contributed by atoms with E-state index in [0.717, 1.165) is 55.4 Å². The molecule has 2 aromatic rings. The Morgan fingerprint density at radius 3 is 2.83 bits per heavy atom. The van der Waals surface area contributed by atoms with Gasteiger partial charge in [-0.05, 0) is 13.3 Å². The molecule has 0 aliphatic carbocycles. The van der Waals surface area contributed by atoms with E-state index in [1.165, 1.54) is 12.8 Å². The highest BCUT2D eigenvalue weighted by Crippen LogP contribution is 2.16. The van der Waals surface area contributed by atoms with Crippen LogP contribution in [-0.2, 0) is 7.05 Å². The smallest absolute Gasteiger partial charge is 0.191 e. The Hall–Kier alpha value is -2.38. The van der Waals surface area contributed by atoms with Crippen LogP contribution in [0.1, 0.15) is 33.1 Å². The topological polar surface area (TPSA) is 92.1 Å². The first-order chi connectivity index (χ1) is 11.8. The summed E-state index contributed by atoms with van der Waals surface area (Å²) in [6, 6.07) is 0. The Bertz CT molecular complexity index is 649. The van der Waals surface area contributed by atoms with Crippen molar-refractivity contribution in [2.45, 2.75) is 33.1 Å². The number of nitrogens with zero attached hydrogens (tertiary/aromatic N) is 5. The lowest BCUT2D eigenvalue weighted by Gasteiger charge is -2.12. The van der Waals surface area contributed by atoms with Crippen molar-refractivity contribution in [3.05, 3.63) is 12.5 Å². The Kier molecular flexibility index (Phi) is 7.25. The van der Waals surface area contributed by atoms with Gasteiger partial charge in [-0.1, -0.05) is 19.8 Å². The van der Waals surface area contributed by atoms with Gasteiger partial charge in [0.25, 0.3) is 0 Å². The molecule has 0 unspecified atom stereocenters. The molecular weight excluding hydrogens is 304 g/mol. The number of anilines is 1. The average molecular weight is 332 g/mol. The van der Waals surface area contributed by atoms with Crippen molar-refractivity contribution in [3.63, 3.8) is 0 Å². The minimum atomic E-state index is 0.736. The summed E-state index contributed by atoms with van der Waals surface area (Å²) in [6.45, 7) is 7.48. The summed E-state index contributed by atoms with van der Waals surface area (Å²) in [5.41, 5.74) is 0.825. The van der Waals surface area contributed by atoms with Gasteiger partial charge in [0.2, 0.25) is 0 Å². The molecule has 8 heteroatoms. The molecule has 2 rings (SSSR count). The maximum atomic E-state index is 4.58. The number of aryl methyl sites for hydroxylation is 1. The zero-order valence-electron chi connectivity index (χ0n) is 14.8. The molecule has 0 atom stereocenters. The van der Waals surface area contributed by atoms with E-state index in [1.807, 2.05) is 7.05 Å². The van der Waals surface area contributed by atoms with Crippen molar-refractivity contribution in [3.8, 4) is 0 Å². The third-order valence-electron chi connectivity index (χ3n) is 3.62. The Balaban J connectivity index is 1.81. The van der Waals surface area contributed by atoms with E-state index in [9.17, 15) is 0 Å². The second-order valence-corrected chi connectivity index (χ2v) is 5.55. The van der Waals surface area contributed by atoms with Crippen molar-refractivity contribution >= 4 is 22.8 Å². The third-order valence-corrected chi connectivity index (χ3v) is 3.62. The van der Waals surface area contributed by atoms with E-state index >= 15 is 0 Å². The summed E-state index contributed by atoms with van der Waals surface area (Å²) in [4.78, 5) is 13.1. The second kappa shape index (κ2) is 9.69. The van der Waals surface area contributed by atoms with Gasteiger partial charge in [0, 0.05) is 33.2 Å². The molecule has 3 N–H and O–H groups in total. The summed E-state index contributed by atoms with van der Waals surface area (Å²) < 4.78 is 1.74. The van der Waals surface area contributed by atoms with Crippen LogP contribution in [0.3, 0.4) is 0 Å². The lowest BCUT2D eigenvalue weighted by molar-refractivity contribution is 0.718. The SMILES string of the molecule is CCCCCN=C(NCC)NCCNc1ncnc2c1cnn2C. The number of nitrogens with one attached hydrogen (secondary N) is 3. The van der Waals surface area contributed by atoms with Crippen LogP contribution in [0.5, 0.6) is 0 Å². The van der Waals surface area contributed by atoms with Crippen LogP contribution in [0.15, 0.2) is 17.5 Å². The fourth-order valence-electron chi connectivity index (χ4n) is 2.36. The number of aromatic nitrogens is 4. The first-order valence-corrected chi connectivity index (χ1v) is 8.65. The predicted octanol–water partition coefficient (Wildman–Crippen LogP) is 1.52. The standard InChI is InChI=1S/C16H28N8/c1-4-6-7-8-19-16(17-5-2)20-10-9-18-14-13-11-23-24(3)15(13)22-12-21-14/h11-12H,4-10H2,1-3H3,(H2,17,19,20)(H,18,21,22). The molecule has 8 nitrogen and oxygen atoms in total. The molecule has 0 fully saturated rings.